The molecule has 0 bridgehead atoms. The van der Waals surface area contributed by atoms with Crippen LogP contribution in [0.3, 0.4) is 0 Å². The zero-order chi connectivity index (χ0) is 15.1. The van der Waals surface area contributed by atoms with E-state index in [-0.39, 0.29) is 5.60 Å². The molecule has 0 spiro atoms. The number of hydrogen-bond acceptors (Lipinski definition) is 3. The second-order valence-electron chi connectivity index (χ2n) is 5.98. The second kappa shape index (κ2) is 5.02. The molecule has 0 saturated carbocycles. The number of anilines is 1. The molecule has 1 aromatic rings. The molecule has 1 aromatic carbocycles. The Morgan fingerprint density at radius 2 is 1.85 bits per heavy atom. The molecule has 1 heterocycles. The fourth-order valence-corrected chi connectivity index (χ4v) is 2.50. The van der Waals surface area contributed by atoms with Crippen molar-refractivity contribution in [2.24, 2.45) is 0 Å². The lowest BCUT2D eigenvalue weighted by molar-refractivity contribution is -0.114. The molecule has 2 rings (SSSR count). The van der Waals surface area contributed by atoms with Gasteiger partial charge < -0.3 is 9.64 Å². The number of methoxy groups -OCH3 is 1. The fraction of sp³-hybridized carbons (Fsp3) is 0.500. The molecule has 20 heavy (non-hydrogen) atoms. The van der Waals surface area contributed by atoms with Crippen molar-refractivity contribution in [3.05, 3.63) is 28.8 Å². The van der Waals surface area contributed by atoms with Crippen LogP contribution in [0.1, 0.15) is 41.8 Å². The number of ether oxygens (including phenoxy) is 1. The quantitative estimate of drug-likeness (QED) is 0.794. The standard InChI is InChI=1S/C16H21NO3/c1-10-8-11(2)13-12(9-10)17(15(19)14(13)18)7-6-16(3,4)20-5/h8-9H,6-7H2,1-5H3. The van der Waals surface area contributed by atoms with Crippen LogP contribution in [0.25, 0.3) is 0 Å². The van der Waals surface area contributed by atoms with E-state index < -0.39 is 11.7 Å². The Hall–Kier alpha value is -1.68. The van der Waals surface area contributed by atoms with Gasteiger partial charge in [-0.1, -0.05) is 6.07 Å². The summed E-state index contributed by atoms with van der Waals surface area (Å²) in [7, 11) is 1.65. The highest BCUT2D eigenvalue weighted by Crippen LogP contribution is 2.33. The Kier molecular flexibility index (Phi) is 3.69. The number of carbonyl (C=O) groups is 2. The van der Waals surface area contributed by atoms with Gasteiger partial charge in [0.2, 0.25) is 0 Å². The fourth-order valence-electron chi connectivity index (χ4n) is 2.50. The molecule has 0 radical (unpaired) electrons. The molecule has 0 atom stereocenters. The van der Waals surface area contributed by atoms with Crippen LogP contribution in [0.15, 0.2) is 12.1 Å². The summed E-state index contributed by atoms with van der Waals surface area (Å²) < 4.78 is 5.37. The Bertz CT molecular complexity index is 575. The number of nitrogens with zero attached hydrogens (tertiary/aromatic N) is 1. The Morgan fingerprint density at radius 3 is 2.45 bits per heavy atom. The summed E-state index contributed by atoms with van der Waals surface area (Å²) in [5.74, 6) is -0.826. The van der Waals surface area contributed by atoms with E-state index in [2.05, 4.69) is 0 Å². The number of benzene rings is 1. The van der Waals surface area contributed by atoms with Crippen molar-refractivity contribution in [3.63, 3.8) is 0 Å². The highest BCUT2D eigenvalue weighted by Gasteiger charge is 2.37. The van der Waals surface area contributed by atoms with Crippen molar-refractivity contribution in [3.8, 4) is 0 Å². The normalized spacial score (nSPS) is 14.9. The van der Waals surface area contributed by atoms with Gasteiger partial charge in [-0.2, -0.15) is 0 Å². The van der Waals surface area contributed by atoms with E-state index in [4.69, 9.17) is 4.74 Å². The first kappa shape index (κ1) is 14.7. The topological polar surface area (TPSA) is 46.6 Å². The molecule has 1 aliphatic rings. The van der Waals surface area contributed by atoms with Gasteiger partial charge in [0.1, 0.15) is 0 Å². The monoisotopic (exact) mass is 275 g/mol. The first-order valence-corrected chi connectivity index (χ1v) is 6.79. The van der Waals surface area contributed by atoms with Gasteiger partial charge >= 0.3 is 0 Å². The second-order valence-corrected chi connectivity index (χ2v) is 5.98. The van der Waals surface area contributed by atoms with Crippen molar-refractivity contribution >= 4 is 17.4 Å². The molecule has 0 saturated heterocycles. The zero-order valence-corrected chi connectivity index (χ0v) is 12.7. The van der Waals surface area contributed by atoms with Crippen molar-refractivity contribution in [1.29, 1.82) is 0 Å². The number of aryl methyl sites for hydroxylation is 2. The number of Topliss-reactive ketones (excluding diaryl/α,β-unsaturated/α-hetero) is 1. The molecule has 0 aromatic heterocycles. The van der Waals surface area contributed by atoms with Gasteiger partial charge in [0.05, 0.1) is 16.9 Å². The van der Waals surface area contributed by atoms with Crippen LogP contribution in [-0.4, -0.2) is 30.9 Å². The minimum Gasteiger partial charge on any atom is -0.379 e. The number of fused-ring (bicyclic) bond motifs is 1. The lowest BCUT2D eigenvalue weighted by atomic mass is 10.0. The molecule has 1 aliphatic heterocycles. The Labute approximate surface area is 119 Å². The molecule has 0 aliphatic carbocycles. The van der Waals surface area contributed by atoms with Crippen molar-refractivity contribution < 1.29 is 14.3 Å². The predicted molar refractivity (Wildman–Crippen MR) is 78.3 cm³/mol. The van der Waals surface area contributed by atoms with Gasteiger partial charge in [-0.05, 0) is 51.3 Å². The number of rotatable bonds is 4. The third-order valence-corrected chi connectivity index (χ3v) is 3.91. The average molecular weight is 275 g/mol. The van der Waals surface area contributed by atoms with Crippen LogP contribution in [0.2, 0.25) is 0 Å². The third-order valence-electron chi connectivity index (χ3n) is 3.91. The molecule has 4 heteroatoms. The molecule has 0 fully saturated rings. The maximum atomic E-state index is 12.2. The van der Waals surface area contributed by atoms with Gasteiger partial charge in [-0.3, -0.25) is 9.59 Å². The summed E-state index contributed by atoms with van der Waals surface area (Å²) >= 11 is 0. The largest absolute Gasteiger partial charge is 0.379 e. The van der Waals surface area contributed by atoms with E-state index in [0.717, 1.165) is 16.8 Å². The highest BCUT2D eigenvalue weighted by atomic mass is 16.5. The van der Waals surface area contributed by atoms with Gasteiger partial charge in [-0.25, -0.2) is 0 Å². The van der Waals surface area contributed by atoms with Crippen molar-refractivity contribution in [2.75, 3.05) is 18.6 Å². The van der Waals surface area contributed by atoms with E-state index >= 15 is 0 Å². The summed E-state index contributed by atoms with van der Waals surface area (Å²) in [5, 5.41) is 0. The Balaban J connectivity index is 2.34. The number of hydrogen-bond donors (Lipinski definition) is 0. The van der Waals surface area contributed by atoms with Gasteiger partial charge in [0, 0.05) is 13.7 Å². The van der Waals surface area contributed by atoms with Gasteiger partial charge in [0.15, 0.2) is 0 Å². The summed E-state index contributed by atoms with van der Waals surface area (Å²) in [4.78, 5) is 25.9. The maximum absolute atomic E-state index is 12.2. The van der Waals surface area contributed by atoms with Crippen LogP contribution in [0.5, 0.6) is 0 Å². The van der Waals surface area contributed by atoms with E-state index in [1.54, 1.807) is 12.0 Å². The van der Waals surface area contributed by atoms with E-state index in [1.165, 1.54) is 0 Å². The van der Waals surface area contributed by atoms with Crippen LogP contribution in [0, 0.1) is 13.8 Å². The van der Waals surface area contributed by atoms with Crippen molar-refractivity contribution in [1.82, 2.24) is 0 Å². The summed E-state index contributed by atoms with van der Waals surface area (Å²) in [6, 6.07) is 3.84. The van der Waals surface area contributed by atoms with Crippen LogP contribution in [-0.2, 0) is 9.53 Å². The molecule has 1 amide bonds. The van der Waals surface area contributed by atoms with Gasteiger partial charge in [0.25, 0.3) is 11.7 Å². The summed E-state index contributed by atoms with van der Waals surface area (Å²) in [6.07, 6.45) is 0.676. The first-order chi connectivity index (χ1) is 9.26. The van der Waals surface area contributed by atoms with E-state index in [1.807, 2.05) is 39.8 Å². The maximum Gasteiger partial charge on any atom is 0.299 e. The third kappa shape index (κ3) is 2.48. The van der Waals surface area contributed by atoms with E-state index in [9.17, 15) is 9.59 Å². The predicted octanol–water partition coefficient (Wildman–Crippen LogP) is 2.65. The minimum atomic E-state index is -0.430. The smallest absolute Gasteiger partial charge is 0.299 e. The molecular weight excluding hydrogens is 254 g/mol. The van der Waals surface area contributed by atoms with Crippen molar-refractivity contribution in [2.45, 2.75) is 39.7 Å². The Morgan fingerprint density at radius 1 is 1.20 bits per heavy atom. The highest BCUT2D eigenvalue weighted by molar-refractivity contribution is 6.52. The molecule has 108 valence electrons. The van der Waals surface area contributed by atoms with Crippen LogP contribution in [0.4, 0.5) is 5.69 Å². The number of amides is 1. The molecule has 0 unspecified atom stereocenters. The zero-order valence-electron chi connectivity index (χ0n) is 12.7. The van der Waals surface area contributed by atoms with E-state index in [0.29, 0.717) is 18.5 Å². The summed E-state index contributed by atoms with van der Waals surface area (Å²) in [6.45, 7) is 8.27. The minimum absolute atomic E-state index is 0.315. The number of ketones is 1. The molecular formula is C16H21NO3. The van der Waals surface area contributed by atoms with Crippen LogP contribution >= 0.6 is 0 Å². The van der Waals surface area contributed by atoms with Gasteiger partial charge in [-0.15, -0.1) is 0 Å². The average Bonchev–Trinajstić information content (AvgIpc) is 2.60. The lowest BCUT2D eigenvalue weighted by Gasteiger charge is -2.26. The molecule has 0 N–H and O–H groups in total. The lowest BCUT2D eigenvalue weighted by Crippen LogP contribution is -2.35. The number of carbonyl (C=O) groups excluding carboxylic acids is 2. The SMILES string of the molecule is COC(C)(C)CCN1C(=O)C(=O)c2c(C)cc(C)cc21. The first-order valence-electron chi connectivity index (χ1n) is 6.79. The summed E-state index contributed by atoms with van der Waals surface area (Å²) in [5.41, 5.74) is 2.90. The van der Waals surface area contributed by atoms with Crippen LogP contribution < -0.4 is 4.90 Å². The molecule has 4 nitrogen and oxygen atoms in total.